The van der Waals surface area contributed by atoms with Crippen LogP contribution in [0.15, 0.2) is 199 Å². The molecule has 3 nitrogen and oxygen atoms in total. The van der Waals surface area contributed by atoms with Gasteiger partial charge < -0.3 is 8.98 Å². The quantitative estimate of drug-likeness (QED) is 0.180. The van der Waals surface area contributed by atoms with E-state index in [-0.39, 0.29) is 0 Å². The van der Waals surface area contributed by atoms with Crippen LogP contribution < -0.4 is 0 Å². The summed E-state index contributed by atoms with van der Waals surface area (Å²) in [7, 11) is 0. The first-order chi connectivity index (χ1) is 26.8. The monoisotopic (exact) mass is 688 g/mol. The molecule has 0 bridgehead atoms. The molecule has 0 unspecified atom stereocenters. The van der Waals surface area contributed by atoms with Crippen molar-refractivity contribution in [1.29, 1.82) is 0 Å². The molecular weight excluding hydrogens is 657 g/mol. The smallest absolute Gasteiger partial charge is 0.159 e. The SMILES string of the molecule is c1ccc(-c2ccc3c(c2)c2cc(-c4ccccc4)ccc2n3-c2cccc3c2oc2cccc(-c4cccc5nc(-c6ccccc6)ccc45)c23)cc1. The Morgan fingerprint density at radius 3 is 1.65 bits per heavy atom. The van der Waals surface area contributed by atoms with Crippen molar-refractivity contribution in [2.45, 2.75) is 0 Å². The molecular formula is C51H32N2O. The molecule has 0 fully saturated rings. The zero-order valence-corrected chi connectivity index (χ0v) is 29.3. The molecule has 0 spiro atoms. The number of benzene rings is 8. The minimum absolute atomic E-state index is 0.860. The summed E-state index contributed by atoms with van der Waals surface area (Å²) in [6.45, 7) is 0. The summed E-state index contributed by atoms with van der Waals surface area (Å²) in [6, 6.07) is 69.0. The molecule has 54 heavy (non-hydrogen) atoms. The van der Waals surface area contributed by atoms with Gasteiger partial charge in [0.25, 0.3) is 0 Å². The average Bonchev–Trinajstić information content (AvgIpc) is 3.80. The second-order valence-corrected chi connectivity index (χ2v) is 13.9. The minimum atomic E-state index is 0.860. The van der Waals surface area contributed by atoms with E-state index in [1.165, 1.54) is 33.0 Å². The summed E-state index contributed by atoms with van der Waals surface area (Å²) >= 11 is 0. The lowest BCUT2D eigenvalue weighted by Crippen LogP contribution is -1.94. The Morgan fingerprint density at radius 1 is 0.389 bits per heavy atom. The molecule has 0 saturated heterocycles. The predicted molar refractivity (Wildman–Crippen MR) is 225 cm³/mol. The van der Waals surface area contributed by atoms with Crippen LogP contribution in [-0.2, 0) is 0 Å². The molecule has 11 aromatic rings. The van der Waals surface area contributed by atoms with Crippen molar-refractivity contribution in [3.8, 4) is 50.3 Å². The highest BCUT2D eigenvalue weighted by Crippen LogP contribution is 2.43. The Bertz CT molecular complexity index is 3100. The van der Waals surface area contributed by atoms with Gasteiger partial charge in [-0.15, -0.1) is 0 Å². The highest BCUT2D eigenvalue weighted by atomic mass is 16.3. The van der Waals surface area contributed by atoms with Crippen molar-refractivity contribution in [1.82, 2.24) is 9.55 Å². The fourth-order valence-electron chi connectivity index (χ4n) is 8.30. The maximum absolute atomic E-state index is 6.91. The third-order valence-electron chi connectivity index (χ3n) is 10.8. The van der Waals surface area contributed by atoms with E-state index in [1.807, 2.05) is 6.07 Å². The molecule has 0 atom stereocenters. The van der Waals surface area contributed by atoms with E-state index in [9.17, 15) is 0 Å². The maximum Gasteiger partial charge on any atom is 0.159 e. The first kappa shape index (κ1) is 30.4. The number of hydrogen-bond donors (Lipinski definition) is 0. The molecule has 0 radical (unpaired) electrons. The summed E-state index contributed by atoms with van der Waals surface area (Å²) in [4.78, 5) is 5.09. The Morgan fingerprint density at radius 2 is 0.981 bits per heavy atom. The molecule has 0 aliphatic carbocycles. The van der Waals surface area contributed by atoms with Crippen molar-refractivity contribution in [3.63, 3.8) is 0 Å². The van der Waals surface area contributed by atoms with Crippen molar-refractivity contribution < 1.29 is 4.42 Å². The van der Waals surface area contributed by atoms with E-state index < -0.39 is 0 Å². The third kappa shape index (κ3) is 4.79. The number of pyridine rings is 1. The van der Waals surface area contributed by atoms with Crippen LogP contribution in [-0.4, -0.2) is 9.55 Å². The normalized spacial score (nSPS) is 11.7. The summed E-state index contributed by atoms with van der Waals surface area (Å²) in [5.74, 6) is 0. The van der Waals surface area contributed by atoms with Gasteiger partial charge in [0.05, 0.1) is 27.9 Å². The number of rotatable bonds is 5. The largest absolute Gasteiger partial charge is 0.454 e. The zero-order valence-electron chi connectivity index (χ0n) is 29.3. The molecule has 3 heteroatoms. The molecule has 252 valence electrons. The number of furan rings is 1. The van der Waals surface area contributed by atoms with E-state index in [0.717, 1.165) is 71.9 Å². The minimum Gasteiger partial charge on any atom is -0.454 e. The van der Waals surface area contributed by atoms with Gasteiger partial charge in [-0.2, -0.15) is 0 Å². The predicted octanol–water partition coefficient (Wildman–Crippen LogP) is 13.9. The molecule has 0 saturated carbocycles. The van der Waals surface area contributed by atoms with Gasteiger partial charge in [-0.3, -0.25) is 0 Å². The van der Waals surface area contributed by atoms with Crippen LogP contribution in [0.3, 0.4) is 0 Å². The van der Waals surface area contributed by atoms with E-state index >= 15 is 0 Å². The molecule has 3 heterocycles. The van der Waals surface area contributed by atoms with Crippen molar-refractivity contribution in [3.05, 3.63) is 194 Å². The summed E-state index contributed by atoms with van der Waals surface area (Å²) < 4.78 is 9.29. The first-order valence-corrected chi connectivity index (χ1v) is 18.4. The Labute approximate surface area is 312 Å². The Balaban J connectivity index is 1.14. The van der Waals surface area contributed by atoms with Crippen LogP contribution in [0, 0.1) is 0 Å². The van der Waals surface area contributed by atoms with E-state index in [4.69, 9.17) is 9.40 Å². The summed E-state index contributed by atoms with van der Waals surface area (Å²) in [5, 5.41) is 5.71. The lowest BCUT2D eigenvalue weighted by atomic mass is 9.95. The van der Waals surface area contributed by atoms with Crippen molar-refractivity contribution in [2.75, 3.05) is 0 Å². The van der Waals surface area contributed by atoms with E-state index in [2.05, 4.69) is 193 Å². The van der Waals surface area contributed by atoms with Crippen LogP contribution in [0.2, 0.25) is 0 Å². The van der Waals surface area contributed by atoms with Crippen LogP contribution in [0.5, 0.6) is 0 Å². The summed E-state index contributed by atoms with van der Waals surface area (Å²) in [5.41, 5.74) is 15.1. The molecule has 3 aromatic heterocycles. The van der Waals surface area contributed by atoms with Crippen molar-refractivity contribution in [2.24, 2.45) is 0 Å². The average molecular weight is 689 g/mol. The van der Waals surface area contributed by atoms with Gasteiger partial charge >= 0.3 is 0 Å². The maximum atomic E-state index is 6.91. The van der Waals surface area contributed by atoms with Crippen LogP contribution in [0.1, 0.15) is 0 Å². The van der Waals surface area contributed by atoms with Crippen LogP contribution in [0.4, 0.5) is 0 Å². The zero-order chi connectivity index (χ0) is 35.6. The Hall–Kier alpha value is -7.23. The van der Waals surface area contributed by atoms with Gasteiger partial charge in [-0.1, -0.05) is 146 Å². The van der Waals surface area contributed by atoms with Crippen LogP contribution >= 0.6 is 0 Å². The van der Waals surface area contributed by atoms with Gasteiger partial charge in [0.15, 0.2) is 5.58 Å². The molecule has 11 rings (SSSR count). The summed E-state index contributed by atoms with van der Waals surface area (Å²) in [6.07, 6.45) is 0. The number of aromatic nitrogens is 2. The second-order valence-electron chi connectivity index (χ2n) is 13.9. The van der Waals surface area contributed by atoms with Gasteiger partial charge in [0, 0.05) is 32.5 Å². The standard InChI is InChI=1S/C51H32N2O/c1-4-13-33(14-5-1)36-25-29-46-42(31-36)43-32-37(34-15-6-2-7-16-34)26-30-47(43)53(46)48-23-11-21-41-50-40(20-12-24-49(50)54-51(41)48)38-19-10-22-45-39(38)27-28-44(52-45)35-17-8-3-9-18-35/h1-32H. The molecule has 8 aromatic carbocycles. The Kier molecular flexibility index (Phi) is 6.86. The molecule has 0 aliphatic rings. The molecule has 0 amide bonds. The van der Waals surface area contributed by atoms with Crippen LogP contribution in [0.25, 0.3) is 105 Å². The van der Waals surface area contributed by atoms with Gasteiger partial charge in [0.2, 0.25) is 0 Å². The topological polar surface area (TPSA) is 31.0 Å². The number of fused-ring (bicyclic) bond motifs is 7. The second kappa shape index (κ2) is 12.2. The third-order valence-corrected chi connectivity index (χ3v) is 10.8. The van der Waals surface area contributed by atoms with Gasteiger partial charge in [-0.05, 0) is 81.9 Å². The number of hydrogen-bond acceptors (Lipinski definition) is 2. The highest BCUT2D eigenvalue weighted by molar-refractivity contribution is 6.18. The van der Waals surface area contributed by atoms with E-state index in [1.54, 1.807) is 0 Å². The lowest BCUT2D eigenvalue weighted by Gasteiger charge is -2.10. The highest BCUT2D eigenvalue weighted by Gasteiger charge is 2.21. The fourth-order valence-corrected chi connectivity index (χ4v) is 8.30. The molecule has 0 N–H and O–H groups in total. The van der Waals surface area contributed by atoms with Gasteiger partial charge in [-0.25, -0.2) is 4.98 Å². The number of para-hydroxylation sites is 1. The van der Waals surface area contributed by atoms with E-state index in [0.29, 0.717) is 0 Å². The fraction of sp³-hybridized carbons (Fsp3) is 0. The van der Waals surface area contributed by atoms with Crippen molar-refractivity contribution >= 4 is 54.6 Å². The first-order valence-electron chi connectivity index (χ1n) is 18.4. The lowest BCUT2D eigenvalue weighted by molar-refractivity contribution is 0.666. The molecule has 0 aliphatic heterocycles. The number of nitrogens with zero attached hydrogens (tertiary/aromatic N) is 2. The van der Waals surface area contributed by atoms with Gasteiger partial charge in [0.1, 0.15) is 5.58 Å².